The van der Waals surface area contributed by atoms with E-state index in [-0.39, 0.29) is 0 Å². The highest BCUT2D eigenvalue weighted by atomic mass is 32.2. The number of anilines is 1. The molecule has 1 fully saturated rings. The molecule has 1 saturated heterocycles. The molecule has 0 aromatic heterocycles. The van der Waals surface area contributed by atoms with Gasteiger partial charge in [-0.25, -0.2) is 8.42 Å². The number of rotatable bonds is 5. The molecule has 0 N–H and O–H groups in total. The van der Waals surface area contributed by atoms with Gasteiger partial charge in [0, 0.05) is 31.9 Å². The minimum absolute atomic E-state index is 0.390. The molecule has 7 heteroatoms. The maximum absolute atomic E-state index is 13.2. The molecule has 0 unspecified atom stereocenters. The minimum Gasteiger partial charge on any atom is -0.497 e. The Morgan fingerprint density at radius 1 is 0.815 bits per heavy atom. The monoisotopic (exact) mass is 390 g/mol. The van der Waals surface area contributed by atoms with Crippen LogP contribution in [0.4, 0.5) is 5.69 Å². The Morgan fingerprint density at radius 3 is 1.81 bits per heavy atom. The fourth-order valence-corrected chi connectivity index (χ4v) is 5.38. The minimum atomic E-state index is -3.53. The largest absolute Gasteiger partial charge is 0.497 e. The van der Waals surface area contributed by atoms with E-state index in [9.17, 15) is 8.42 Å². The van der Waals surface area contributed by atoms with Gasteiger partial charge >= 0.3 is 0 Å². The molecule has 0 spiro atoms. The van der Waals surface area contributed by atoms with Crippen LogP contribution < -0.4 is 14.4 Å². The van der Waals surface area contributed by atoms with Crippen LogP contribution in [0.15, 0.2) is 41.3 Å². The lowest BCUT2D eigenvalue weighted by Crippen LogP contribution is -2.48. The van der Waals surface area contributed by atoms with Crippen molar-refractivity contribution >= 4 is 15.7 Å². The molecular formula is C20H26N2O4S. The summed E-state index contributed by atoms with van der Waals surface area (Å²) in [4.78, 5) is 2.58. The van der Waals surface area contributed by atoms with E-state index in [4.69, 9.17) is 9.47 Å². The lowest BCUT2D eigenvalue weighted by Gasteiger charge is -2.36. The number of sulfonamides is 1. The molecule has 27 heavy (non-hydrogen) atoms. The van der Waals surface area contributed by atoms with E-state index in [2.05, 4.69) is 4.90 Å². The molecule has 0 amide bonds. The molecule has 0 bridgehead atoms. The molecule has 3 rings (SSSR count). The third-order valence-corrected chi connectivity index (χ3v) is 7.15. The van der Waals surface area contributed by atoms with Gasteiger partial charge in [0.2, 0.25) is 10.0 Å². The second-order valence-corrected chi connectivity index (χ2v) is 8.55. The SMILES string of the molecule is COc1ccc(N2CCN(S(=O)(=O)c3c(C)cc(OC)cc3C)CC2)cc1. The van der Waals surface area contributed by atoms with Gasteiger partial charge in [0.1, 0.15) is 11.5 Å². The lowest BCUT2D eigenvalue weighted by molar-refractivity contribution is 0.384. The normalized spacial score (nSPS) is 15.6. The van der Waals surface area contributed by atoms with Crippen LogP contribution in [0.2, 0.25) is 0 Å². The van der Waals surface area contributed by atoms with Crippen molar-refractivity contribution in [2.24, 2.45) is 0 Å². The highest BCUT2D eigenvalue weighted by molar-refractivity contribution is 7.89. The summed E-state index contributed by atoms with van der Waals surface area (Å²) in [6, 6.07) is 11.4. The molecule has 0 aliphatic carbocycles. The zero-order valence-corrected chi connectivity index (χ0v) is 17.0. The number of piperazine rings is 1. The Labute approximate surface area is 161 Å². The quantitative estimate of drug-likeness (QED) is 0.786. The van der Waals surface area contributed by atoms with Crippen LogP contribution in [0.25, 0.3) is 0 Å². The number of ether oxygens (including phenoxy) is 2. The maximum atomic E-state index is 13.2. The maximum Gasteiger partial charge on any atom is 0.243 e. The Hall–Kier alpha value is -2.25. The van der Waals surface area contributed by atoms with E-state index in [1.54, 1.807) is 30.7 Å². The first kappa shape index (κ1) is 19.5. The molecule has 1 aliphatic heterocycles. The van der Waals surface area contributed by atoms with Crippen molar-refractivity contribution in [3.63, 3.8) is 0 Å². The smallest absolute Gasteiger partial charge is 0.243 e. The summed E-state index contributed by atoms with van der Waals surface area (Å²) in [5.41, 5.74) is 2.50. The van der Waals surface area contributed by atoms with E-state index in [1.165, 1.54) is 0 Å². The van der Waals surface area contributed by atoms with E-state index in [0.29, 0.717) is 48.0 Å². The van der Waals surface area contributed by atoms with Gasteiger partial charge in [-0.15, -0.1) is 0 Å². The van der Waals surface area contributed by atoms with Crippen molar-refractivity contribution in [2.45, 2.75) is 18.7 Å². The number of hydrogen-bond donors (Lipinski definition) is 0. The van der Waals surface area contributed by atoms with Gasteiger partial charge in [0.05, 0.1) is 19.1 Å². The Balaban J connectivity index is 1.77. The molecule has 146 valence electrons. The van der Waals surface area contributed by atoms with Gasteiger partial charge in [-0.3, -0.25) is 0 Å². The summed E-state index contributed by atoms with van der Waals surface area (Å²) in [5.74, 6) is 1.48. The number of hydrogen-bond acceptors (Lipinski definition) is 5. The van der Waals surface area contributed by atoms with Crippen molar-refractivity contribution in [1.29, 1.82) is 0 Å². The fourth-order valence-electron chi connectivity index (χ4n) is 3.54. The van der Waals surface area contributed by atoms with Crippen molar-refractivity contribution in [2.75, 3.05) is 45.3 Å². The molecule has 2 aromatic rings. The van der Waals surface area contributed by atoms with E-state index >= 15 is 0 Å². The van der Waals surface area contributed by atoms with Gasteiger partial charge in [-0.05, 0) is 61.4 Å². The van der Waals surface area contributed by atoms with Crippen LogP contribution >= 0.6 is 0 Å². The molecule has 0 radical (unpaired) electrons. The molecule has 2 aromatic carbocycles. The third kappa shape index (κ3) is 3.89. The Morgan fingerprint density at radius 2 is 1.33 bits per heavy atom. The molecule has 6 nitrogen and oxygen atoms in total. The zero-order valence-electron chi connectivity index (χ0n) is 16.2. The van der Waals surface area contributed by atoms with Gasteiger partial charge in [0.15, 0.2) is 0 Å². The highest BCUT2D eigenvalue weighted by Gasteiger charge is 2.31. The van der Waals surface area contributed by atoms with Gasteiger partial charge in [0.25, 0.3) is 0 Å². The van der Waals surface area contributed by atoms with E-state index in [0.717, 1.165) is 11.4 Å². The first-order valence-corrected chi connectivity index (χ1v) is 10.3. The van der Waals surface area contributed by atoms with Crippen LogP contribution in [-0.2, 0) is 10.0 Å². The fraction of sp³-hybridized carbons (Fsp3) is 0.400. The Bertz CT molecular complexity index is 879. The lowest BCUT2D eigenvalue weighted by atomic mass is 10.1. The summed E-state index contributed by atoms with van der Waals surface area (Å²) in [6.45, 7) is 5.85. The number of nitrogens with zero attached hydrogens (tertiary/aromatic N) is 2. The first-order valence-electron chi connectivity index (χ1n) is 8.91. The average Bonchev–Trinajstić information content (AvgIpc) is 2.67. The van der Waals surface area contributed by atoms with E-state index < -0.39 is 10.0 Å². The van der Waals surface area contributed by atoms with Crippen molar-refractivity contribution < 1.29 is 17.9 Å². The molecule has 1 aliphatic rings. The van der Waals surface area contributed by atoms with Crippen LogP contribution in [-0.4, -0.2) is 53.1 Å². The van der Waals surface area contributed by atoms with Crippen LogP contribution in [0.3, 0.4) is 0 Å². The number of aryl methyl sites for hydroxylation is 2. The second-order valence-electron chi connectivity index (χ2n) is 6.68. The predicted molar refractivity (Wildman–Crippen MR) is 106 cm³/mol. The predicted octanol–water partition coefficient (Wildman–Crippen LogP) is 2.83. The van der Waals surface area contributed by atoms with Gasteiger partial charge in [-0.2, -0.15) is 4.31 Å². The number of methoxy groups -OCH3 is 2. The highest BCUT2D eigenvalue weighted by Crippen LogP contribution is 2.29. The second kappa shape index (κ2) is 7.78. The zero-order chi connectivity index (χ0) is 19.6. The third-order valence-electron chi connectivity index (χ3n) is 4.94. The van der Waals surface area contributed by atoms with Crippen molar-refractivity contribution in [3.05, 3.63) is 47.5 Å². The molecule has 0 saturated carbocycles. The first-order chi connectivity index (χ1) is 12.9. The number of benzene rings is 2. The van der Waals surface area contributed by atoms with Crippen LogP contribution in [0, 0.1) is 13.8 Å². The summed E-state index contributed by atoms with van der Waals surface area (Å²) in [6.07, 6.45) is 0. The average molecular weight is 391 g/mol. The summed E-state index contributed by atoms with van der Waals surface area (Å²) < 4.78 is 38.4. The molecule has 1 heterocycles. The van der Waals surface area contributed by atoms with Crippen LogP contribution in [0.5, 0.6) is 11.5 Å². The Kier molecular flexibility index (Phi) is 5.62. The van der Waals surface area contributed by atoms with Crippen molar-refractivity contribution in [3.8, 4) is 11.5 Å². The standard InChI is InChI=1S/C20H26N2O4S/c1-15-13-19(26-4)14-16(2)20(15)27(23,24)22-11-9-21(10-12-22)17-5-7-18(25-3)8-6-17/h5-8,13-14H,9-12H2,1-4H3. The van der Waals surface area contributed by atoms with E-state index in [1.807, 2.05) is 38.1 Å². The topological polar surface area (TPSA) is 59.1 Å². The molecule has 0 atom stereocenters. The summed E-state index contributed by atoms with van der Waals surface area (Å²) >= 11 is 0. The summed E-state index contributed by atoms with van der Waals surface area (Å²) in [7, 11) is -0.309. The van der Waals surface area contributed by atoms with Gasteiger partial charge < -0.3 is 14.4 Å². The molecular weight excluding hydrogens is 364 g/mol. The van der Waals surface area contributed by atoms with Crippen LogP contribution in [0.1, 0.15) is 11.1 Å². The van der Waals surface area contributed by atoms with Gasteiger partial charge in [-0.1, -0.05) is 0 Å². The van der Waals surface area contributed by atoms with Crippen molar-refractivity contribution in [1.82, 2.24) is 4.31 Å². The summed E-state index contributed by atoms with van der Waals surface area (Å²) in [5, 5.41) is 0.